The number of alkyl halides is 1. The smallest absolute Gasteiger partial charge is 0.119 e. The summed E-state index contributed by atoms with van der Waals surface area (Å²) < 4.78 is 20.1. The summed E-state index contributed by atoms with van der Waals surface area (Å²) in [6.45, 7) is 5.25. The van der Waals surface area contributed by atoms with Crippen LogP contribution in [-0.2, 0) is 6.42 Å². The topological polar surface area (TPSA) is 22.1 Å². The van der Waals surface area contributed by atoms with Gasteiger partial charge in [-0.15, -0.1) is 0 Å². The van der Waals surface area contributed by atoms with Gasteiger partial charge in [-0.05, 0) is 61.6 Å². The molecular formula is C30H46FNO. The van der Waals surface area contributed by atoms with Crippen molar-refractivity contribution in [1.82, 2.24) is 4.98 Å². The Morgan fingerprint density at radius 1 is 0.727 bits per heavy atom. The molecule has 0 aliphatic heterocycles. The second kappa shape index (κ2) is 17.6. The molecule has 3 heteroatoms. The number of rotatable bonds is 19. The highest BCUT2D eigenvalue weighted by Crippen LogP contribution is 2.22. The number of ether oxygens (including phenoxy) is 1. The molecule has 1 unspecified atom stereocenters. The lowest BCUT2D eigenvalue weighted by atomic mass is 10.0. The van der Waals surface area contributed by atoms with Crippen molar-refractivity contribution in [2.24, 2.45) is 0 Å². The fourth-order valence-corrected chi connectivity index (χ4v) is 4.15. The van der Waals surface area contributed by atoms with Gasteiger partial charge in [0, 0.05) is 11.8 Å². The molecule has 0 saturated carbocycles. The van der Waals surface area contributed by atoms with E-state index < -0.39 is 6.17 Å². The zero-order chi connectivity index (χ0) is 23.6. The maximum atomic E-state index is 14.2. The van der Waals surface area contributed by atoms with Gasteiger partial charge < -0.3 is 4.74 Å². The Balaban J connectivity index is 1.64. The fourth-order valence-electron chi connectivity index (χ4n) is 4.15. The van der Waals surface area contributed by atoms with E-state index in [-0.39, 0.29) is 0 Å². The number of benzene rings is 1. The second-order valence-corrected chi connectivity index (χ2v) is 9.38. The summed E-state index contributed by atoms with van der Waals surface area (Å²) in [7, 11) is 0. The third-order valence-electron chi connectivity index (χ3n) is 6.36. The largest absolute Gasteiger partial charge is 0.494 e. The van der Waals surface area contributed by atoms with Crippen LogP contribution in [0.5, 0.6) is 5.75 Å². The van der Waals surface area contributed by atoms with E-state index in [1.54, 1.807) is 0 Å². The lowest BCUT2D eigenvalue weighted by Gasteiger charge is -2.09. The minimum atomic E-state index is -0.695. The molecule has 1 atom stereocenters. The Morgan fingerprint density at radius 3 is 2.00 bits per heavy atom. The first-order chi connectivity index (χ1) is 16.2. The van der Waals surface area contributed by atoms with Gasteiger partial charge in [-0.25, -0.2) is 4.39 Å². The summed E-state index contributed by atoms with van der Waals surface area (Å²) in [5.41, 5.74) is 3.15. The predicted molar refractivity (Wildman–Crippen MR) is 140 cm³/mol. The second-order valence-electron chi connectivity index (χ2n) is 9.38. The van der Waals surface area contributed by atoms with E-state index in [1.807, 2.05) is 24.4 Å². The molecule has 0 fully saturated rings. The maximum Gasteiger partial charge on any atom is 0.119 e. The van der Waals surface area contributed by atoms with Gasteiger partial charge in [0.1, 0.15) is 11.9 Å². The standard InChI is InChI=1S/C30H46FNO/c1-3-5-7-9-10-11-13-15-28(31)20-16-26-17-23-30(32-25-26)27-18-21-29(22-19-27)33-24-14-12-8-6-4-2/h17-19,21-23,25,28H,3-16,20,24H2,1-2H3. The van der Waals surface area contributed by atoms with Crippen LogP contribution >= 0.6 is 0 Å². The number of hydrogen-bond donors (Lipinski definition) is 0. The molecule has 33 heavy (non-hydrogen) atoms. The summed E-state index contributed by atoms with van der Waals surface area (Å²) in [4.78, 5) is 4.61. The molecule has 2 aromatic rings. The van der Waals surface area contributed by atoms with Gasteiger partial charge in [-0.2, -0.15) is 0 Å². The molecule has 0 N–H and O–H groups in total. The highest BCUT2D eigenvalue weighted by atomic mass is 19.1. The van der Waals surface area contributed by atoms with E-state index in [9.17, 15) is 4.39 Å². The number of aromatic nitrogens is 1. The molecule has 1 aromatic heterocycles. The van der Waals surface area contributed by atoms with Crippen LogP contribution in [-0.4, -0.2) is 17.8 Å². The molecule has 0 bridgehead atoms. The number of unbranched alkanes of at least 4 members (excludes halogenated alkanes) is 10. The summed E-state index contributed by atoms with van der Waals surface area (Å²) in [6.07, 6.45) is 18.2. The SMILES string of the molecule is CCCCCCCCCC(F)CCc1ccc(-c2ccc(OCCCCCCC)cc2)nc1. The van der Waals surface area contributed by atoms with Gasteiger partial charge in [-0.1, -0.05) is 90.5 Å². The molecule has 0 aliphatic carbocycles. The van der Waals surface area contributed by atoms with Crippen molar-refractivity contribution in [3.05, 3.63) is 48.2 Å². The van der Waals surface area contributed by atoms with Crippen molar-refractivity contribution in [1.29, 1.82) is 0 Å². The van der Waals surface area contributed by atoms with Gasteiger partial charge >= 0.3 is 0 Å². The van der Waals surface area contributed by atoms with E-state index in [1.165, 1.54) is 64.2 Å². The lowest BCUT2D eigenvalue weighted by Crippen LogP contribution is -2.02. The molecule has 184 valence electrons. The molecule has 0 aliphatic rings. The average molecular weight is 456 g/mol. The molecule has 2 rings (SSSR count). The number of pyridine rings is 1. The first-order valence-corrected chi connectivity index (χ1v) is 13.5. The molecule has 0 spiro atoms. The van der Waals surface area contributed by atoms with Crippen LogP contribution in [0.3, 0.4) is 0 Å². The van der Waals surface area contributed by atoms with Crippen molar-refractivity contribution in [2.75, 3.05) is 6.61 Å². The van der Waals surface area contributed by atoms with Crippen LogP contribution < -0.4 is 4.74 Å². The Labute approximate surface area is 202 Å². The normalized spacial score (nSPS) is 12.1. The summed E-state index contributed by atoms with van der Waals surface area (Å²) in [5.74, 6) is 0.917. The zero-order valence-electron chi connectivity index (χ0n) is 21.2. The minimum absolute atomic E-state index is 0.599. The molecule has 0 radical (unpaired) electrons. The van der Waals surface area contributed by atoms with Gasteiger partial charge in [0.15, 0.2) is 0 Å². The monoisotopic (exact) mass is 455 g/mol. The van der Waals surface area contributed by atoms with Crippen molar-refractivity contribution in [3.63, 3.8) is 0 Å². The Hall–Kier alpha value is -1.90. The molecular weight excluding hydrogens is 409 g/mol. The fraction of sp³-hybridized carbons (Fsp3) is 0.633. The average Bonchev–Trinajstić information content (AvgIpc) is 2.85. The highest BCUT2D eigenvalue weighted by molar-refractivity contribution is 5.60. The summed E-state index contributed by atoms with van der Waals surface area (Å²) >= 11 is 0. The van der Waals surface area contributed by atoms with Gasteiger partial charge in [0.2, 0.25) is 0 Å². The Bertz CT molecular complexity index is 713. The lowest BCUT2D eigenvalue weighted by molar-refractivity contribution is 0.287. The first-order valence-electron chi connectivity index (χ1n) is 13.5. The van der Waals surface area contributed by atoms with E-state index in [4.69, 9.17) is 4.74 Å². The van der Waals surface area contributed by atoms with Crippen LogP contribution in [0.2, 0.25) is 0 Å². The van der Waals surface area contributed by atoms with Crippen molar-refractivity contribution in [3.8, 4) is 17.0 Å². The molecule has 0 amide bonds. The van der Waals surface area contributed by atoms with E-state index >= 15 is 0 Å². The van der Waals surface area contributed by atoms with Gasteiger partial charge in [0.25, 0.3) is 0 Å². The third kappa shape index (κ3) is 12.2. The summed E-state index contributed by atoms with van der Waals surface area (Å²) in [6, 6.07) is 12.3. The van der Waals surface area contributed by atoms with Gasteiger partial charge in [0.05, 0.1) is 12.3 Å². The zero-order valence-corrected chi connectivity index (χ0v) is 21.2. The van der Waals surface area contributed by atoms with Crippen LogP contribution in [0.4, 0.5) is 4.39 Å². The maximum absolute atomic E-state index is 14.2. The highest BCUT2D eigenvalue weighted by Gasteiger charge is 2.08. The predicted octanol–water partition coefficient (Wildman–Crippen LogP) is 9.51. The molecule has 1 heterocycles. The number of halogens is 1. The molecule has 1 aromatic carbocycles. The Kier molecular flexibility index (Phi) is 14.6. The molecule has 2 nitrogen and oxygen atoms in total. The molecule has 0 saturated heterocycles. The van der Waals surface area contributed by atoms with Gasteiger partial charge in [-0.3, -0.25) is 4.98 Å². The van der Waals surface area contributed by atoms with Crippen molar-refractivity contribution in [2.45, 2.75) is 116 Å². The van der Waals surface area contributed by atoms with Crippen LogP contribution in [0.25, 0.3) is 11.3 Å². The van der Waals surface area contributed by atoms with Crippen LogP contribution in [0.1, 0.15) is 109 Å². The van der Waals surface area contributed by atoms with Crippen molar-refractivity contribution < 1.29 is 9.13 Å². The van der Waals surface area contributed by atoms with E-state index in [0.717, 1.165) is 48.4 Å². The first kappa shape index (κ1) is 27.3. The minimum Gasteiger partial charge on any atom is -0.494 e. The summed E-state index contributed by atoms with van der Waals surface area (Å²) in [5, 5.41) is 0. The van der Waals surface area contributed by atoms with Crippen LogP contribution in [0, 0.1) is 0 Å². The third-order valence-corrected chi connectivity index (χ3v) is 6.36. The van der Waals surface area contributed by atoms with Crippen molar-refractivity contribution >= 4 is 0 Å². The number of hydrogen-bond acceptors (Lipinski definition) is 2. The van der Waals surface area contributed by atoms with E-state index in [2.05, 4.69) is 37.0 Å². The number of aryl methyl sites for hydroxylation is 1. The quantitative estimate of drug-likeness (QED) is 0.197. The number of nitrogens with zero attached hydrogens (tertiary/aromatic N) is 1. The Morgan fingerprint density at radius 2 is 1.36 bits per heavy atom. The van der Waals surface area contributed by atoms with Crippen LogP contribution in [0.15, 0.2) is 42.6 Å². The van der Waals surface area contributed by atoms with E-state index in [0.29, 0.717) is 12.8 Å².